The number of hydrogen-bond acceptors (Lipinski definition) is 6. The molecule has 0 amide bonds. The highest BCUT2D eigenvalue weighted by Gasteiger charge is 2.25. The van der Waals surface area contributed by atoms with Crippen molar-refractivity contribution in [3.63, 3.8) is 0 Å². The van der Waals surface area contributed by atoms with Gasteiger partial charge in [-0.1, -0.05) is 41.9 Å². The molecule has 3 aromatic carbocycles. The van der Waals surface area contributed by atoms with Gasteiger partial charge in [-0.2, -0.15) is 0 Å². The van der Waals surface area contributed by atoms with Gasteiger partial charge in [0.25, 0.3) is 0 Å². The molecule has 4 rings (SSSR count). The van der Waals surface area contributed by atoms with E-state index in [0.717, 1.165) is 14.7 Å². The number of hydrogen-bond donors (Lipinski definition) is 0. The lowest BCUT2D eigenvalue weighted by Gasteiger charge is -2.13. The molecule has 1 aliphatic rings. The first-order valence-electron chi connectivity index (χ1n) is 10.2. The molecule has 1 heterocycles. The smallest absolute Gasteiger partial charge is 0.363 e. The molecule has 0 saturated carbocycles. The van der Waals surface area contributed by atoms with Crippen LogP contribution in [0.2, 0.25) is 5.02 Å². The molecule has 0 unspecified atom stereocenters. The van der Waals surface area contributed by atoms with Crippen molar-refractivity contribution in [2.45, 2.75) is 6.92 Å². The Balaban J connectivity index is 1.57. The van der Waals surface area contributed by atoms with Crippen molar-refractivity contribution in [3.8, 4) is 11.5 Å². The number of esters is 1. The molecule has 0 spiro atoms. The highest BCUT2D eigenvalue weighted by molar-refractivity contribution is 14.1. The summed E-state index contributed by atoms with van der Waals surface area (Å²) in [5.74, 6) is 0.0572. The van der Waals surface area contributed by atoms with Crippen LogP contribution in [0.1, 0.15) is 27.0 Å². The summed E-state index contributed by atoms with van der Waals surface area (Å²) in [6.45, 7) is 1.78. The first kappa shape index (κ1) is 24.0. The van der Waals surface area contributed by atoms with Crippen molar-refractivity contribution in [2.24, 2.45) is 4.99 Å². The number of carbonyl (C=O) groups excluding carboxylic acids is 2. The summed E-state index contributed by atoms with van der Waals surface area (Å²) in [5.41, 5.74) is 3.02. The average molecular weight is 588 g/mol. The lowest BCUT2D eigenvalue weighted by Crippen LogP contribution is -2.12. The van der Waals surface area contributed by atoms with Crippen LogP contribution in [0.25, 0.3) is 6.08 Å². The van der Waals surface area contributed by atoms with Gasteiger partial charge in [-0.15, -0.1) is 0 Å². The monoisotopic (exact) mass is 587 g/mol. The molecule has 0 aromatic heterocycles. The van der Waals surface area contributed by atoms with Crippen LogP contribution in [0.4, 0.5) is 0 Å². The van der Waals surface area contributed by atoms with Gasteiger partial charge in [0, 0.05) is 14.7 Å². The zero-order valence-electron chi connectivity index (χ0n) is 18.3. The maximum Gasteiger partial charge on any atom is 0.363 e. The van der Waals surface area contributed by atoms with Crippen molar-refractivity contribution in [1.29, 1.82) is 0 Å². The van der Waals surface area contributed by atoms with E-state index in [9.17, 15) is 9.59 Å². The molecule has 0 radical (unpaired) electrons. The summed E-state index contributed by atoms with van der Waals surface area (Å²) in [5, 5.41) is 0.232. The minimum absolute atomic E-state index is 0.136. The molecule has 0 saturated heterocycles. The highest BCUT2D eigenvalue weighted by atomic mass is 127. The van der Waals surface area contributed by atoms with Crippen LogP contribution in [0.5, 0.6) is 11.5 Å². The number of ether oxygens (including phenoxy) is 3. The molecule has 1 aliphatic heterocycles. The predicted molar refractivity (Wildman–Crippen MR) is 139 cm³/mol. The molecule has 0 fully saturated rings. The van der Waals surface area contributed by atoms with E-state index in [1.807, 2.05) is 31.2 Å². The van der Waals surface area contributed by atoms with E-state index in [1.165, 1.54) is 7.11 Å². The zero-order chi connectivity index (χ0) is 24.2. The van der Waals surface area contributed by atoms with E-state index in [-0.39, 0.29) is 34.8 Å². The first-order chi connectivity index (χ1) is 16.4. The molecule has 0 N–H and O–H groups in total. The van der Waals surface area contributed by atoms with E-state index >= 15 is 0 Å². The second-order valence-corrected chi connectivity index (χ2v) is 8.98. The van der Waals surface area contributed by atoms with Gasteiger partial charge in [-0.3, -0.25) is 4.79 Å². The minimum Gasteiger partial charge on any atom is -0.493 e. The fourth-order valence-corrected chi connectivity index (χ4v) is 3.89. The Labute approximate surface area is 215 Å². The number of aliphatic imine (C=N–C) groups is 1. The number of benzene rings is 3. The number of rotatable bonds is 7. The van der Waals surface area contributed by atoms with Gasteiger partial charge in [0.15, 0.2) is 29.6 Å². The van der Waals surface area contributed by atoms with Crippen molar-refractivity contribution in [2.75, 3.05) is 13.7 Å². The van der Waals surface area contributed by atoms with Crippen LogP contribution < -0.4 is 9.47 Å². The fraction of sp³-hybridized carbons (Fsp3) is 0.115. The van der Waals surface area contributed by atoms with E-state index < -0.39 is 5.97 Å². The van der Waals surface area contributed by atoms with Gasteiger partial charge in [0.05, 0.1) is 12.1 Å². The van der Waals surface area contributed by atoms with Crippen molar-refractivity contribution in [3.05, 3.63) is 97.2 Å². The summed E-state index contributed by atoms with van der Waals surface area (Å²) >= 11 is 8.66. The highest BCUT2D eigenvalue weighted by Crippen LogP contribution is 2.37. The molecule has 8 heteroatoms. The van der Waals surface area contributed by atoms with Crippen LogP contribution in [0.15, 0.2) is 71.4 Å². The SMILES string of the molecule is COc1cc(/C=C2\N=C(c3ccc(I)c(C)c3)OC2=O)cc(Cl)c1OCC(=O)c1ccccc1. The Morgan fingerprint density at radius 2 is 1.91 bits per heavy atom. The third-order valence-electron chi connectivity index (χ3n) is 5.02. The van der Waals surface area contributed by atoms with Crippen LogP contribution >= 0.6 is 34.2 Å². The molecule has 6 nitrogen and oxygen atoms in total. The van der Waals surface area contributed by atoms with E-state index in [1.54, 1.807) is 42.5 Å². The third-order valence-corrected chi connectivity index (χ3v) is 6.52. The van der Waals surface area contributed by atoms with Crippen LogP contribution in [0.3, 0.4) is 0 Å². The Bertz CT molecular complexity index is 1330. The molecule has 172 valence electrons. The predicted octanol–water partition coefficient (Wildman–Crippen LogP) is 5.87. The summed E-state index contributed by atoms with van der Waals surface area (Å²) in [7, 11) is 1.47. The van der Waals surface area contributed by atoms with Gasteiger partial charge < -0.3 is 14.2 Å². The number of cyclic esters (lactones) is 1. The largest absolute Gasteiger partial charge is 0.493 e. The average Bonchev–Trinajstić information content (AvgIpc) is 3.20. The molecule has 0 atom stereocenters. The summed E-state index contributed by atoms with van der Waals surface area (Å²) in [6, 6.07) is 17.8. The van der Waals surface area contributed by atoms with Gasteiger partial charge >= 0.3 is 5.97 Å². The van der Waals surface area contributed by atoms with E-state index in [0.29, 0.717) is 16.9 Å². The number of halogens is 2. The number of nitrogens with zero attached hydrogens (tertiary/aromatic N) is 1. The Kier molecular flexibility index (Phi) is 7.33. The van der Waals surface area contributed by atoms with Gasteiger partial charge in [0.1, 0.15) is 0 Å². The second kappa shape index (κ2) is 10.4. The molecule has 34 heavy (non-hydrogen) atoms. The van der Waals surface area contributed by atoms with Crippen LogP contribution in [-0.2, 0) is 9.53 Å². The van der Waals surface area contributed by atoms with Gasteiger partial charge in [-0.05, 0) is 77.0 Å². The van der Waals surface area contributed by atoms with Crippen LogP contribution in [-0.4, -0.2) is 31.4 Å². The van der Waals surface area contributed by atoms with Crippen molar-refractivity contribution < 1.29 is 23.8 Å². The zero-order valence-corrected chi connectivity index (χ0v) is 21.2. The van der Waals surface area contributed by atoms with Gasteiger partial charge in [-0.25, -0.2) is 9.79 Å². The Morgan fingerprint density at radius 1 is 1.15 bits per heavy atom. The fourth-order valence-electron chi connectivity index (χ4n) is 3.28. The third kappa shape index (κ3) is 5.31. The number of ketones is 1. The molecule has 0 aliphatic carbocycles. The first-order valence-corrected chi connectivity index (χ1v) is 11.7. The Morgan fingerprint density at radius 3 is 2.62 bits per heavy atom. The molecule has 3 aromatic rings. The standard InChI is InChI=1S/C26H19ClINO5/c1-15-10-18(8-9-20(15)28)25-29-21(26(31)34-25)12-16-11-19(27)24(23(13-16)32-2)33-14-22(30)17-6-4-3-5-7-17/h3-13H,14H2,1-2H3/b21-12-. The Hall–Kier alpha value is -3.17. The van der Waals surface area contributed by atoms with Gasteiger partial charge in [0.2, 0.25) is 5.90 Å². The summed E-state index contributed by atoms with van der Waals surface area (Å²) in [4.78, 5) is 29.1. The minimum atomic E-state index is -0.560. The van der Waals surface area contributed by atoms with E-state index in [4.69, 9.17) is 25.8 Å². The normalized spacial score (nSPS) is 14.1. The number of Topliss-reactive ketones (excluding diaryl/α,β-unsaturated/α-hetero) is 1. The quantitative estimate of drug-likeness (QED) is 0.150. The maximum atomic E-state index is 12.4. The summed E-state index contributed by atoms with van der Waals surface area (Å²) in [6.07, 6.45) is 1.56. The molecular formula is C26H19ClINO5. The van der Waals surface area contributed by atoms with E-state index in [2.05, 4.69) is 27.6 Å². The number of carbonyl (C=O) groups is 2. The maximum absolute atomic E-state index is 12.4. The lowest BCUT2D eigenvalue weighted by molar-refractivity contribution is -0.129. The van der Waals surface area contributed by atoms with Crippen LogP contribution in [0, 0.1) is 10.5 Å². The second-order valence-electron chi connectivity index (χ2n) is 7.41. The molecule has 0 bridgehead atoms. The molecular weight excluding hydrogens is 569 g/mol. The lowest BCUT2D eigenvalue weighted by atomic mass is 10.1. The summed E-state index contributed by atoms with van der Waals surface area (Å²) < 4.78 is 17.5. The van der Waals surface area contributed by atoms with Crippen molar-refractivity contribution >= 4 is 57.9 Å². The topological polar surface area (TPSA) is 74.2 Å². The number of methoxy groups -OCH3 is 1. The number of aryl methyl sites for hydroxylation is 1. The van der Waals surface area contributed by atoms with Crippen molar-refractivity contribution in [1.82, 2.24) is 0 Å².